The first-order chi connectivity index (χ1) is 16.4. The van der Waals surface area contributed by atoms with Gasteiger partial charge >= 0.3 is 6.03 Å². The van der Waals surface area contributed by atoms with Crippen molar-refractivity contribution in [2.45, 2.75) is 6.61 Å². The van der Waals surface area contributed by atoms with Crippen molar-refractivity contribution in [3.63, 3.8) is 0 Å². The smallest absolute Gasteiger partial charge is 0.335 e. The lowest BCUT2D eigenvalue weighted by molar-refractivity contribution is -0.122. The molecule has 172 valence electrons. The van der Waals surface area contributed by atoms with Crippen LogP contribution < -0.4 is 19.7 Å². The van der Waals surface area contributed by atoms with Crippen LogP contribution in [0.4, 0.5) is 10.5 Å². The Balaban J connectivity index is 1.56. The maximum absolute atomic E-state index is 13.0. The van der Waals surface area contributed by atoms with E-state index in [0.29, 0.717) is 32.2 Å². The fourth-order valence-electron chi connectivity index (χ4n) is 3.28. The minimum absolute atomic E-state index is 0.174. The number of carbonyl (C=O) groups excluding carboxylic acids is 3. The highest BCUT2D eigenvalue weighted by Gasteiger charge is 2.36. The zero-order chi connectivity index (χ0) is 24.2. The van der Waals surface area contributed by atoms with Crippen LogP contribution in [0.1, 0.15) is 11.1 Å². The molecule has 1 N–H and O–H groups in total. The van der Waals surface area contributed by atoms with E-state index in [1.54, 1.807) is 48.5 Å². The number of amides is 4. The number of rotatable bonds is 6. The maximum atomic E-state index is 13.0. The molecule has 9 heteroatoms. The second kappa shape index (κ2) is 10.1. The maximum Gasteiger partial charge on any atom is 0.335 e. The second-order valence-electron chi connectivity index (χ2n) is 7.23. The Kier molecular flexibility index (Phi) is 7.00. The monoisotopic (exact) mass is 540 g/mol. The average Bonchev–Trinajstić information content (AvgIpc) is 2.82. The lowest BCUT2D eigenvalue weighted by atomic mass is 10.1. The van der Waals surface area contributed by atoms with Crippen molar-refractivity contribution in [1.82, 2.24) is 5.32 Å². The van der Waals surface area contributed by atoms with Crippen LogP contribution in [-0.2, 0) is 16.2 Å². The van der Waals surface area contributed by atoms with E-state index in [-0.39, 0.29) is 12.2 Å². The lowest BCUT2D eigenvalue weighted by Crippen LogP contribution is -2.54. The van der Waals surface area contributed by atoms with Gasteiger partial charge in [0.1, 0.15) is 23.7 Å². The lowest BCUT2D eigenvalue weighted by Gasteiger charge is -2.26. The quantitative estimate of drug-likeness (QED) is 0.336. The van der Waals surface area contributed by atoms with E-state index in [1.807, 2.05) is 18.2 Å². The summed E-state index contributed by atoms with van der Waals surface area (Å²) in [4.78, 5) is 38.7. The number of halogens is 2. The summed E-state index contributed by atoms with van der Waals surface area (Å²) in [5.41, 5.74) is 1.55. The normalized spacial score (nSPS) is 14.9. The molecule has 1 heterocycles. The van der Waals surface area contributed by atoms with Gasteiger partial charge in [0, 0.05) is 10.6 Å². The van der Waals surface area contributed by atoms with Crippen molar-refractivity contribution in [1.29, 1.82) is 0 Å². The molecular formula is C25H18BrClN2O5. The topological polar surface area (TPSA) is 84.9 Å². The van der Waals surface area contributed by atoms with Crippen LogP contribution >= 0.6 is 27.5 Å². The summed E-state index contributed by atoms with van der Waals surface area (Å²) in [7, 11) is 1.51. The van der Waals surface area contributed by atoms with E-state index in [4.69, 9.17) is 21.1 Å². The molecule has 1 aliphatic heterocycles. The number of carbonyl (C=O) groups is 3. The van der Waals surface area contributed by atoms with Gasteiger partial charge in [0.2, 0.25) is 0 Å². The SMILES string of the molecule is COc1ccc(N2C(=O)NC(=O)/C(=C\c3ccc(OCc4ccccc4Cl)c(Br)c3)C2=O)cc1. The Morgan fingerprint density at radius 1 is 1.03 bits per heavy atom. The number of hydrogen-bond acceptors (Lipinski definition) is 5. The average molecular weight is 542 g/mol. The van der Waals surface area contributed by atoms with Gasteiger partial charge in [0.05, 0.1) is 17.3 Å². The van der Waals surface area contributed by atoms with Crippen LogP contribution in [0.25, 0.3) is 6.08 Å². The molecule has 0 radical (unpaired) electrons. The predicted octanol–water partition coefficient (Wildman–Crippen LogP) is 5.36. The molecule has 34 heavy (non-hydrogen) atoms. The van der Waals surface area contributed by atoms with Crippen LogP contribution in [0.3, 0.4) is 0 Å². The number of benzene rings is 3. The summed E-state index contributed by atoms with van der Waals surface area (Å²) in [6.07, 6.45) is 1.42. The Hall–Kier alpha value is -3.62. The Morgan fingerprint density at radius 2 is 1.76 bits per heavy atom. The fourth-order valence-corrected chi connectivity index (χ4v) is 3.99. The number of nitrogens with zero attached hydrogens (tertiary/aromatic N) is 1. The van der Waals surface area contributed by atoms with Crippen LogP contribution in [-0.4, -0.2) is 25.0 Å². The Labute approximate surface area is 209 Å². The standard InChI is InChI=1S/C25H18BrClN2O5/c1-33-18-9-7-17(8-10-18)29-24(31)19(23(30)28-25(29)32)12-15-6-11-22(20(26)13-15)34-14-16-4-2-3-5-21(16)27/h2-13H,14H2,1H3,(H,28,30,32)/b19-12+. The van der Waals surface area contributed by atoms with E-state index in [9.17, 15) is 14.4 Å². The second-order valence-corrected chi connectivity index (χ2v) is 8.49. The molecule has 4 rings (SSSR count). The molecule has 0 saturated carbocycles. The third-order valence-corrected chi connectivity index (χ3v) is 6.03. The van der Waals surface area contributed by atoms with E-state index in [2.05, 4.69) is 21.2 Å². The summed E-state index contributed by atoms with van der Waals surface area (Å²) >= 11 is 9.63. The molecule has 1 saturated heterocycles. The Bertz CT molecular complexity index is 1310. The molecular weight excluding hydrogens is 524 g/mol. The molecule has 0 aromatic heterocycles. The number of methoxy groups -OCH3 is 1. The molecule has 3 aromatic carbocycles. The molecule has 1 aliphatic rings. The zero-order valence-corrected chi connectivity index (χ0v) is 20.2. The summed E-state index contributed by atoms with van der Waals surface area (Å²) in [5.74, 6) is -0.359. The number of anilines is 1. The van der Waals surface area contributed by atoms with Crippen LogP contribution in [0, 0.1) is 0 Å². The van der Waals surface area contributed by atoms with Crippen molar-refractivity contribution in [3.8, 4) is 11.5 Å². The minimum atomic E-state index is -0.818. The van der Waals surface area contributed by atoms with Gasteiger partial charge in [-0.1, -0.05) is 35.9 Å². The number of barbiturate groups is 1. The van der Waals surface area contributed by atoms with Gasteiger partial charge in [0.15, 0.2) is 0 Å². The van der Waals surface area contributed by atoms with Crippen LogP contribution in [0.15, 0.2) is 76.8 Å². The largest absolute Gasteiger partial charge is 0.497 e. The minimum Gasteiger partial charge on any atom is -0.497 e. The summed E-state index contributed by atoms with van der Waals surface area (Å²) < 4.78 is 11.6. The van der Waals surface area contributed by atoms with Crippen LogP contribution in [0.5, 0.6) is 11.5 Å². The highest BCUT2D eigenvalue weighted by Crippen LogP contribution is 2.30. The number of ether oxygens (including phenoxy) is 2. The van der Waals surface area contributed by atoms with E-state index in [1.165, 1.54) is 13.2 Å². The zero-order valence-electron chi connectivity index (χ0n) is 17.9. The molecule has 1 fully saturated rings. The van der Waals surface area contributed by atoms with Crippen molar-refractivity contribution in [3.05, 3.63) is 92.9 Å². The van der Waals surface area contributed by atoms with Gasteiger partial charge < -0.3 is 9.47 Å². The number of urea groups is 1. The molecule has 3 aromatic rings. The van der Waals surface area contributed by atoms with Crippen molar-refractivity contribution in [2.24, 2.45) is 0 Å². The third-order valence-electron chi connectivity index (χ3n) is 5.04. The van der Waals surface area contributed by atoms with Crippen molar-refractivity contribution in [2.75, 3.05) is 12.0 Å². The van der Waals surface area contributed by atoms with Gasteiger partial charge in [-0.15, -0.1) is 0 Å². The number of nitrogens with one attached hydrogen (secondary N) is 1. The van der Waals surface area contributed by atoms with Crippen LogP contribution in [0.2, 0.25) is 5.02 Å². The molecule has 0 bridgehead atoms. The van der Waals surface area contributed by atoms with Gasteiger partial charge in [-0.2, -0.15) is 0 Å². The molecule has 7 nitrogen and oxygen atoms in total. The first-order valence-corrected chi connectivity index (χ1v) is 11.3. The van der Waals surface area contributed by atoms with Gasteiger partial charge in [-0.3, -0.25) is 14.9 Å². The number of hydrogen-bond donors (Lipinski definition) is 1. The Morgan fingerprint density at radius 3 is 2.44 bits per heavy atom. The molecule has 0 atom stereocenters. The predicted molar refractivity (Wildman–Crippen MR) is 132 cm³/mol. The number of imide groups is 2. The molecule has 0 spiro atoms. The highest BCUT2D eigenvalue weighted by molar-refractivity contribution is 9.10. The fraction of sp³-hybridized carbons (Fsp3) is 0.0800. The molecule has 0 unspecified atom stereocenters. The summed E-state index contributed by atoms with van der Waals surface area (Å²) in [5, 5.41) is 2.81. The first-order valence-electron chi connectivity index (χ1n) is 10.1. The summed E-state index contributed by atoms with van der Waals surface area (Å²) in [6, 6.07) is 18.1. The first kappa shape index (κ1) is 23.5. The van der Waals surface area contributed by atoms with Crippen molar-refractivity contribution >= 4 is 57.1 Å². The highest BCUT2D eigenvalue weighted by atomic mass is 79.9. The van der Waals surface area contributed by atoms with E-state index < -0.39 is 17.8 Å². The van der Waals surface area contributed by atoms with Crippen molar-refractivity contribution < 1.29 is 23.9 Å². The van der Waals surface area contributed by atoms with Gasteiger partial charge in [-0.25, -0.2) is 9.69 Å². The van der Waals surface area contributed by atoms with E-state index in [0.717, 1.165) is 10.5 Å². The van der Waals surface area contributed by atoms with E-state index >= 15 is 0 Å². The van der Waals surface area contributed by atoms with Gasteiger partial charge in [0.25, 0.3) is 11.8 Å². The summed E-state index contributed by atoms with van der Waals surface area (Å²) in [6.45, 7) is 0.276. The van der Waals surface area contributed by atoms with Gasteiger partial charge in [-0.05, 0) is 70.0 Å². The third kappa shape index (κ3) is 4.98. The molecule has 4 amide bonds. The molecule has 0 aliphatic carbocycles.